The Labute approximate surface area is 107 Å². The van der Waals surface area contributed by atoms with E-state index in [0.29, 0.717) is 17.4 Å². The summed E-state index contributed by atoms with van der Waals surface area (Å²) in [4.78, 5) is 2.42. The van der Waals surface area contributed by atoms with Crippen LogP contribution in [-0.4, -0.2) is 35.7 Å². The fourth-order valence-electron chi connectivity index (χ4n) is 2.87. The number of hydrogen-bond donors (Lipinski definition) is 1. The summed E-state index contributed by atoms with van der Waals surface area (Å²) < 4.78 is 0. The number of hydrogen-bond acceptors (Lipinski definition) is 2. The van der Waals surface area contributed by atoms with E-state index >= 15 is 0 Å². The quantitative estimate of drug-likeness (QED) is 0.820. The van der Waals surface area contributed by atoms with E-state index in [1.807, 2.05) is 0 Å². The molecule has 1 aliphatic carbocycles. The second-order valence-electron chi connectivity index (χ2n) is 7.23. The smallest absolute Gasteiger partial charge is 0.0580 e. The molecule has 1 aliphatic rings. The number of rotatable bonds is 3. The van der Waals surface area contributed by atoms with Gasteiger partial charge in [-0.1, -0.05) is 27.7 Å². The molecule has 102 valence electrons. The van der Waals surface area contributed by atoms with Gasteiger partial charge in [0.25, 0.3) is 0 Å². The van der Waals surface area contributed by atoms with Gasteiger partial charge in [-0.15, -0.1) is 0 Å². The Morgan fingerprint density at radius 3 is 2.41 bits per heavy atom. The first kappa shape index (κ1) is 15.0. The molecule has 1 fully saturated rings. The predicted molar refractivity (Wildman–Crippen MR) is 74.1 cm³/mol. The van der Waals surface area contributed by atoms with Gasteiger partial charge in [-0.2, -0.15) is 0 Å². The molecule has 0 radical (unpaired) electrons. The normalized spacial score (nSPS) is 32.8. The van der Waals surface area contributed by atoms with Crippen LogP contribution in [0.2, 0.25) is 0 Å². The second-order valence-corrected chi connectivity index (χ2v) is 7.23. The minimum Gasteiger partial charge on any atom is -0.393 e. The maximum absolute atomic E-state index is 10.1. The SMILES string of the molecule is CC1CCC(O)C(CN(C)C(C)C(C)(C)C)C1. The topological polar surface area (TPSA) is 23.5 Å². The van der Waals surface area contributed by atoms with Gasteiger partial charge in [0.15, 0.2) is 0 Å². The molecule has 17 heavy (non-hydrogen) atoms. The molecule has 4 unspecified atom stereocenters. The summed E-state index contributed by atoms with van der Waals surface area (Å²) >= 11 is 0. The molecule has 0 bridgehead atoms. The van der Waals surface area contributed by atoms with E-state index in [0.717, 1.165) is 18.9 Å². The predicted octanol–water partition coefficient (Wildman–Crippen LogP) is 3.15. The van der Waals surface area contributed by atoms with Crippen LogP contribution < -0.4 is 0 Å². The maximum Gasteiger partial charge on any atom is 0.0580 e. The molecule has 0 amide bonds. The Morgan fingerprint density at radius 2 is 1.88 bits per heavy atom. The molecule has 0 heterocycles. The minimum absolute atomic E-state index is 0.0826. The Hall–Kier alpha value is -0.0800. The largest absolute Gasteiger partial charge is 0.393 e. The zero-order valence-electron chi connectivity index (χ0n) is 12.5. The molecular weight excluding hydrogens is 210 g/mol. The first-order valence-corrected chi connectivity index (χ1v) is 7.10. The van der Waals surface area contributed by atoms with Gasteiger partial charge in [0, 0.05) is 12.6 Å². The van der Waals surface area contributed by atoms with E-state index in [1.54, 1.807) is 0 Å². The minimum atomic E-state index is -0.0826. The maximum atomic E-state index is 10.1. The lowest BCUT2D eigenvalue weighted by Gasteiger charge is -2.40. The van der Waals surface area contributed by atoms with Crippen molar-refractivity contribution in [3.05, 3.63) is 0 Å². The Morgan fingerprint density at radius 1 is 1.29 bits per heavy atom. The van der Waals surface area contributed by atoms with Crippen molar-refractivity contribution in [1.29, 1.82) is 0 Å². The third-order valence-electron chi connectivity index (χ3n) is 4.64. The van der Waals surface area contributed by atoms with Crippen molar-refractivity contribution in [2.75, 3.05) is 13.6 Å². The summed E-state index contributed by atoms with van der Waals surface area (Å²) in [7, 11) is 2.20. The number of aliphatic hydroxyl groups excluding tert-OH is 1. The van der Waals surface area contributed by atoms with Crippen molar-refractivity contribution in [2.24, 2.45) is 17.3 Å². The molecule has 1 saturated carbocycles. The van der Waals surface area contributed by atoms with E-state index in [1.165, 1.54) is 12.8 Å². The molecule has 0 saturated heterocycles. The van der Waals surface area contributed by atoms with E-state index in [4.69, 9.17) is 0 Å². The first-order chi connectivity index (χ1) is 7.71. The third kappa shape index (κ3) is 4.26. The van der Waals surface area contributed by atoms with E-state index in [-0.39, 0.29) is 6.10 Å². The molecule has 0 spiro atoms. The zero-order chi connectivity index (χ0) is 13.2. The van der Waals surface area contributed by atoms with Crippen molar-refractivity contribution in [3.63, 3.8) is 0 Å². The van der Waals surface area contributed by atoms with Crippen molar-refractivity contribution in [1.82, 2.24) is 4.90 Å². The van der Waals surface area contributed by atoms with Crippen LogP contribution in [0.1, 0.15) is 53.9 Å². The van der Waals surface area contributed by atoms with Crippen molar-refractivity contribution < 1.29 is 5.11 Å². The van der Waals surface area contributed by atoms with Gasteiger partial charge in [0.1, 0.15) is 0 Å². The first-order valence-electron chi connectivity index (χ1n) is 7.10. The highest BCUT2D eigenvalue weighted by Crippen LogP contribution is 2.31. The zero-order valence-corrected chi connectivity index (χ0v) is 12.5. The highest BCUT2D eigenvalue weighted by molar-refractivity contribution is 4.84. The number of nitrogens with zero attached hydrogens (tertiary/aromatic N) is 1. The molecule has 4 atom stereocenters. The molecule has 2 nitrogen and oxygen atoms in total. The molecule has 0 aliphatic heterocycles. The van der Waals surface area contributed by atoms with Crippen molar-refractivity contribution in [2.45, 2.75) is 66.0 Å². The highest BCUT2D eigenvalue weighted by atomic mass is 16.3. The van der Waals surface area contributed by atoms with Crippen molar-refractivity contribution in [3.8, 4) is 0 Å². The van der Waals surface area contributed by atoms with Gasteiger partial charge in [-0.25, -0.2) is 0 Å². The molecule has 0 aromatic carbocycles. The van der Waals surface area contributed by atoms with Gasteiger partial charge in [-0.05, 0) is 50.5 Å². The third-order valence-corrected chi connectivity index (χ3v) is 4.64. The summed E-state index contributed by atoms with van der Waals surface area (Å²) in [6.45, 7) is 12.5. The summed E-state index contributed by atoms with van der Waals surface area (Å²) in [5.41, 5.74) is 0.306. The highest BCUT2D eigenvalue weighted by Gasteiger charge is 2.31. The van der Waals surface area contributed by atoms with E-state index < -0.39 is 0 Å². The fourth-order valence-corrected chi connectivity index (χ4v) is 2.87. The fraction of sp³-hybridized carbons (Fsp3) is 1.00. The van der Waals surface area contributed by atoms with Gasteiger partial charge in [-0.3, -0.25) is 0 Å². The van der Waals surface area contributed by atoms with Crippen LogP contribution in [0, 0.1) is 17.3 Å². The van der Waals surface area contributed by atoms with Gasteiger partial charge in [0.2, 0.25) is 0 Å². The van der Waals surface area contributed by atoms with E-state index in [2.05, 4.69) is 46.6 Å². The summed E-state index contributed by atoms with van der Waals surface area (Å²) in [6.07, 6.45) is 3.28. The van der Waals surface area contributed by atoms with Crippen LogP contribution in [0.3, 0.4) is 0 Å². The van der Waals surface area contributed by atoms with Crippen LogP contribution in [-0.2, 0) is 0 Å². The second kappa shape index (κ2) is 5.71. The molecule has 1 rings (SSSR count). The monoisotopic (exact) mass is 241 g/mol. The lowest BCUT2D eigenvalue weighted by molar-refractivity contribution is 0.0178. The Bertz CT molecular complexity index is 234. The Balaban J connectivity index is 2.52. The lowest BCUT2D eigenvalue weighted by atomic mass is 9.79. The van der Waals surface area contributed by atoms with Crippen LogP contribution in [0.15, 0.2) is 0 Å². The van der Waals surface area contributed by atoms with Gasteiger partial charge in [0.05, 0.1) is 6.10 Å². The van der Waals surface area contributed by atoms with E-state index in [9.17, 15) is 5.11 Å². The van der Waals surface area contributed by atoms with Crippen LogP contribution in [0.25, 0.3) is 0 Å². The molecule has 2 heteroatoms. The Kier molecular flexibility index (Phi) is 5.03. The summed E-state index contributed by atoms with van der Waals surface area (Å²) in [6, 6.07) is 0.548. The summed E-state index contributed by atoms with van der Waals surface area (Å²) in [5, 5.41) is 10.1. The summed E-state index contributed by atoms with van der Waals surface area (Å²) in [5.74, 6) is 1.25. The lowest BCUT2D eigenvalue weighted by Crippen LogP contribution is -2.45. The molecule has 0 aromatic heterocycles. The van der Waals surface area contributed by atoms with Gasteiger partial charge >= 0.3 is 0 Å². The molecule has 0 aromatic rings. The average molecular weight is 241 g/mol. The van der Waals surface area contributed by atoms with Crippen LogP contribution in [0.5, 0.6) is 0 Å². The van der Waals surface area contributed by atoms with Crippen LogP contribution >= 0.6 is 0 Å². The van der Waals surface area contributed by atoms with Gasteiger partial charge < -0.3 is 10.0 Å². The molecule has 1 N–H and O–H groups in total. The number of aliphatic hydroxyl groups is 1. The van der Waals surface area contributed by atoms with Crippen LogP contribution in [0.4, 0.5) is 0 Å². The van der Waals surface area contributed by atoms with Crippen molar-refractivity contribution >= 4 is 0 Å². The average Bonchev–Trinajstić information content (AvgIpc) is 2.21. The standard InChI is InChI=1S/C15H31NO/c1-11-7-8-14(17)13(9-11)10-16(6)12(2)15(3,4)5/h11-14,17H,7-10H2,1-6H3. The molecular formula is C15H31NO.